The molecule has 1 N–H and O–H groups in total. The number of aryl methyl sites for hydroxylation is 2. The summed E-state index contributed by atoms with van der Waals surface area (Å²) < 4.78 is 5.35. The molecule has 1 fully saturated rings. The van der Waals surface area contributed by atoms with Crippen molar-refractivity contribution in [1.82, 2.24) is 9.88 Å². The highest BCUT2D eigenvalue weighted by atomic mass is 35.5. The molecule has 3 aromatic rings. The lowest BCUT2D eigenvalue weighted by molar-refractivity contribution is 0.0709. The number of amides is 1. The predicted molar refractivity (Wildman–Crippen MR) is 119 cm³/mol. The average molecular weight is 431 g/mol. The lowest BCUT2D eigenvalue weighted by atomic mass is 9.90. The van der Waals surface area contributed by atoms with Gasteiger partial charge in [0.25, 0.3) is 5.91 Å². The molecule has 1 aliphatic heterocycles. The number of fused-ring (bicyclic) bond motifs is 1. The van der Waals surface area contributed by atoms with Crippen LogP contribution in [0.4, 0.5) is 0 Å². The number of aromatic nitrogens is 1. The number of carbonyl (C=O) groups excluding carboxylic acids is 1. The number of carbonyl (C=O) groups is 1. The zero-order valence-electron chi connectivity index (χ0n) is 16.8. The van der Waals surface area contributed by atoms with Crippen molar-refractivity contribution >= 4 is 40.0 Å². The van der Waals surface area contributed by atoms with Gasteiger partial charge in [0.2, 0.25) is 0 Å². The summed E-state index contributed by atoms with van der Waals surface area (Å²) in [5.74, 6) is 0.619. The fourth-order valence-corrected chi connectivity index (χ4v) is 4.80. The van der Waals surface area contributed by atoms with Crippen LogP contribution in [0, 0.1) is 13.8 Å². The fourth-order valence-electron chi connectivity index (χ4n) is 4.33. The molecule has 0 unspecified atom stereocenters. The van der Waals surface area contributed by atoms with E-state index in [1.54, 1.807) is 12.1 Å². The highest BCUT2D eigenvalue weighted by Gasteiger charge is 2.30. The van der Waals surface area contributed by atoms with Crippen LogP contribution in [0.3, 0.4) is 0 Å². The Labute approximate surface area is 180 Å². The standard InChI is InChI=1S/C23H24Cl2N2O2/c1-13-4-7-19-16(12-13)14(2)21(26-19)15-8-10-27(11-9-15)23(28)20-17(24)5-6-18(25)22(20)29-3/h4-7,12,15,26H,8-11H2,1-3H3. The molecule has 1 amide bonds. The van der Waals surface area contributed by atoms with E-state index in [0.29, 0.717) is 40.4 Å². The van der Waals surface area contributed by atoms with Crippen LogP contribution in [0.15, 0.2) is 30.3 Å². The monoisotopic (exact) mass is 430 g/mol. The second-order valence-electron chi connectivity index (χ2n) is 7.72. The number of nitrogens with zero attached hydrogens (tertiary/aromatic N) is 1. The molecule has 29 heavy (non-hydrogen) atoms. The number of H-pyrrole nitrogens is 1. The molecule has 4 rings (SSSR count). The van der Waals surface area contributed by atoms with Crippen molar-refractivity contribution in [2.45, 2.75) is 32.6 Å². The molecule has 0 radical (unpaired) electrons. The topological polar surface area (TPSA) is 45.3 Å². The molecule has 0 bridgehead atoms. The summed E-state index contributed by atoms with van der Waals surface area (Å²) in [5.41, 5.74) is 5.39. The third kappa shape index (κ3) is 3.60. The summed E-state index contributed by atoms with van der Waals surface area (Å²) in [6.07, 6.45) is 1.80. The van der Waals surface area contributed by atoms with Crippen molar-refractivity contribution in [3.8, 4) is 5.75 Å². The Kier molecular flexibility index (Phi) is 5.50. The van der Waals surface area contributed by atoms with Gasteiger partial charge in [0, 0.05) is 35.6 Å². The minimum Gasteiger partial charge on any atom is -0.494 e. The lowest BCUT2D eigenvalue weighted by Crippen LogP contribution is -2.38. The van der Waals surface area contributed by atoms with E-state index in [-0.39, 0.29) is 5.91 Å². The van der Waals surface area contributed by atoms with Crippen molar-refractivity contribution in [3.05, 3.63) is 62.8 Å². The van der Waals surface area contributed by atoms with Gasteiger partial charge >= 0.3 is 0 Å². The molecule has 4 nitrogen and oxygen atoms in total. The molecule has 0 aliphatic carbocycles. The largest absolute Gasteiger partial charge is 0.494 e. The number of ether oxygens (including phenoxy) is 1. The SMILES string of the molecule is COc1c(Cl)ccc(Cl)c1C(=O)N1CCC(c2[nH]c3ccc(C)cc3c2C)CC1. The maximum atomic E-state index is 13.1. The van der Waals surface area contributed by atoms with Gasteiger partial charge in [-0.05, 0) is 56.5 Å². The highest BCUT2D eigenvalue weighted by Crippen LogP contribution is 2.37. The summed E-state index contributed by atoms with van der Waals surface area (Å²) in [5, 5.41) is 2.04. The van der Waals surface area contributed by atoms with Crippen LogP contribution in [0.25, 0.3) is 10.9 Å². The van der Waals surface area contributed by atoms with Gasteiger partial charge in [-0.3, -0.25) is 4.79 Å². The van der Waals surface area contributed by atoms with E-state index >= 15 is 0 Å². The molecule has 2 aromatic carbocycles. The molecule has 1 aliphatic rings. The summed E-state index contributed by atoms with van der Waals surface area (Å²) in [7, 11) is 1.50. The summed E-state index contributed by atoms with van der Waals surface area (Å²) in [6.45, 7) is 5.64. The maximum Gasteiger partial charge on any atom is 0.259 e. The molecule has 0 spiro atoms. The summed E-state index contributed by atoms with van der Waals surface area (Å²) in [6, 6.07) is 9.80. The maximum absolute atomic E-state index is 13.1. The zero-order valence-corrected chi connectivity index (χ0v) is 18.3. The minimum absolute atomic E-state index is 0.128. The number of likely N-dealkylation sites (tertiary alicyclic amines) is 1. The number of rotatable bonds is 3. The molecule has 6 heteroatoms. The number of hydrogen-bond donors (Lipinski definition) is 1. The third-order valence-electron chi connectivity index (χ3n) is 5.92. The van der Waals surface area contributed by atoms with Gasteiger partial charge in [-0.15, -0.1) is 0 Å². The number of benzene rings is 2. The van der Waals surface area contributed by atoms with Gasteiger partial charge in [0.1, 0.15) is 5.56 Å². The van der Waals surface area contributed by atoms with Gasteiger partial charge in [-0.2, -0.15) is 0 Å². The van der Waals surface area contributed by atoms with E-state index in [2.05, 4.69) is 37.0 Å². The fraction of sp³-hybridized carbons (Fsp3) is 0.348. The van der Waals surface area contributed by atoms with Crippen LogP contribution < -0.4 is 4.74 Å². The summed E-state index contributed by atoms with van der Waals surface area (Å²) >= 11 is 12.5. The van der Waals surface area contributed by atoms with E-state index in [1.165, 1.54) is 34.8 Å². The molecule has 0 atom stereocenters. The molecule has 0 saturated carbocycles. The van der Waals surface area contributed by atoms with Crippen LogP contribution in [0.1, 0.15) is 45.9 Å². The molecular weight excluding hydrogens is 407 g/mol. The van der Waals surface area contributed by atoms with Crippen molar-refractivity contribution in [2.24, 2.45) is 0 Å². The van der Waals surface area contributed by atoms with Crippen molar-refractivity contribution in [1.29, 1.82) is 0 Å². The van der Waals surface area contributed by atoms with Gasteiger partial charge in [0.15, 0.2) is 5.75 Å². The molecule has 152 valence electrons. The van der Waals surface area contributed by atoms with Crippen molar-refractivity contribution < 1.29 is 9.53 Å². The Morgan fingerprint density at radius 3 is 2.48 bits per heavy atom. The van der Waals surface area contributed by atoms with Crippen molar-refractivity contribution in [2.75, 3.05) is 20.2 Å². The van der Waals surface area contributed by atoms with Crippen molar-refractivity contribution in [3.63, 3.8) is 0 Å². The highest BCUT2D eigenvalue weighted by molar-refractivity contribution is 6.37. The molecular formula is C23H24Cl2N2O2. The number of aromatic amines is 1. The van der Waals surface area contributed by atoms with Gasteiger partial charge in [-0.1, -0.05) is 34.8 Å². The first kappa shape index (κ1) is 20.1. The average Bonchev–Trinajstić information content (AvgIpc) is 3.05. The van der Waals surface area contributed by atoms with Gasteiger partial charge < -0.3 is 14.6 Å². The molecule has 2 heterocycles. The second-order valence-corrected chi connectivity index (χ2v) is 8.53. The van der Waals surface area contributed by atoms with E-state index in [1.807, 2.05) is 4.90 Å². The van der Waals surface area contributed by atoms with Gasteiger partial charge in [-0.25, -0.2) is 0 Å². The first-order chi connectivity index (χ1) is 13.9. The second kappa shape index (κ2) is 7.92. The van der Waals surface area contributed by atoms with Crippen LogP contribution in [0.5, 0.6) is 5.75 Å². The number of nitrogens with one attached hydrogen (secondary N) is 1. The van der Waals surface area contributed by atoms with Gasteiger partial charge in [0.05, 0.1) is 17.2 Å². The van der Waals surface area contributed by atoms with Crippen LogP contribution in [-0.2, 0) is 0 Å². The predicted octanol–water partition coefficient (Wildman–Crippen LogP) is 6.12. The van der Waals surface area contributed by atoms with Crippen LogP contribution in [0.2, 0.25) is 10.0 Å². The first-order valence-corrected chi connectivity index (χ1v) is 10.6. The first-order valence-electron chi connectivity index (χ1n) is 9.80. The molecule has 1 aromatic heterocycles. The Bertz CT molecular complexity index is 1080. The number of halogens is 2. The minimum atomic E-state index is -0.128. The molecule has 1 saturated heterocycles. The van der Waals surface area contributed by atoms with E-state index in [9.17, 15) is 4.79 Å². The van der Waals surface area contributed by atoms with E-state index in [4.69, 9.17) is 27.9 Å². The normalized spacial score (nSPS) is 15.1. The third-order valence-corrected chi connectivity index (χ3v) is 6.53. The van der Waals surface area contributed by atoms with Crippen LogP contribution in [-0.4, -0.2) is 36.0 Å². The Hall–Kier alpha value is -2.17. The van der Waals surface area contributed by atoms with Crippen LogP contribution >= 0.6 is 23.2 Å². The summed E-state index contributed by atoms with van der Waals surface area (Å²) in [4.78, 5) is 18.6. The Morgan fingerprint density at radius 1 is 1.10 bits per heavy atom. The Balaban J connectivity index is 1.54. The van der Waals surface area contributed by atoms with E-state index < -0.39 is 0 Å². The smallest absolute Gasteiger partial charge is 0.259 e. The Morgan fingerprint density at radius 2 is 1.79 bits per heavy atom. The lowest BCUT2D eigenvalue weighted by Gasteiger charge is -2.32. The number of piperidine rings is 1. The zero-order chi connectivity index (χ0) is 20.7. The van der Waals surface area contributed by atoms with E-state index in [0.717, 1.165) is 12.8 Å². The quantitative estimate of drug-likeness (QED) is 0.543. The number of methoxy groups -OCH3 is 1. The number of hydrogen-bond acceptors (Lipinski definition) is 2.